The molecule has 3 aromatic rings. The average Bonchev–Trinajstić information content (AvgIpc) is 2.74. The first-order valence-electron chi connectivity index (χ1n) is 9.97. The third kappa shape index (κ3) is 4.49. The van der Waals surface area contributed by atoms with Gasteiger partial charge in [-0.1, -0.05) is 36.4 Å². The van der Waals surface area contributed by atoms with Crippen LogP contribution in [0.1, 0.15) is 16.7 Å². The Balaban J connectivity index is 1.43. The molecule has 0 bridgehead atoms. The van der Waals surface area contributed by atoms with Gasteiger partial charge >= 0.3 is 0 Å². The Morgan fingerprint density at radius 1 is 0.931 bits per heavy atom. The van der Waals surface area contributed by atoms with Crippen LogP contribution in [0.2, 0.25) is 0 Å². The van der Waals surface area contributed by atoms with Crippen LogP contribution in [0.4, 0.5) is 11.5 Å². The van der Waals surface area contributed by atoms with E-state index in [9.17, 15) is 0 Å². The number of rotatable bonds is 5. The molecule has 0 atom stereocenters. The molecule has 1 saturated heterocycles. The minimum Gasteiger partial charge on any atom is -0.437 e. The fourth-order valence-corrected chi connectivity index (χ4v) is 3.55. The zero-order chi connectivity index (χ0) is 20.2. The van der Waals surface area contributed by atoms with Gasteiger partial charge in [-0.25, -0.2) is 4.98 Å². The van der Waals surface area contributed by atoms with Gasteiger partial charge in [0, 0.05) is 32.7 Å². The molecule has 1 aliphatic rings. The van der Waals surface area contributed by atoms with Gasteiger partial charge in [0.05, 0.1) is 0 Å². The third-order valence-corrected chi connectivity index (χ3v) is 5.44. The number of piperazine rings is 1. The van der Waals surface area contributed by atoms with Crippen LogP contribution >= 0.6 is 0 Å². The average molecular weight is 390 g/mol. The molecule has 0 aliphatic carbocycles. The summed E-state index contributed by atoms with van der Waals surface area (Å²) in [5, 5.41) is 0. The van der Waals surface area contributed by atoms with Crippen LogP contribution in [0.5, 0.6) is 11.6 Å². The van der Waals surface area contributed by atoms with Crippen LogP contribution in [0.15, 0.2) is 54.9 Å². The third-order valence-electron chi connectivity index (χ3n) is 5.44. The molecule has 29 heavy (non-hydrogen) atoms. The molecule has 6 heteroatoms. The van der Waals surface area contributed by atoms with Crippen LogP contribution < -0.4 is 15.4 Å². The second kappa shape index (κ2) is 8.49. The van der Waals surface area contributed by atoms with E-state index in [1.54, 1.807) is 0 Å². The summed E-state index contributed by atoms with van der Waals surface area (Å²) in [6, 6.07) is 16.5. The summed E-state index contributed by atoms with van der Waals surface area (Å²) in [6.45, 7) is 8.78. The van der Waals surface area contributed by atoms with Gasteiger partial charge in [-0.05, 0) is 42.7 Å². The summed E-state index contributed by atoms with van der Waals surface area (Å²) < 4.78 is 5.96. The summed E-state index contributed by atoms with van der Waals surface area (Å²) in [5.41, 5.74) is 10.6. The van der Waals surface area contributed by atoms with E-state index >= 15 is 0 Å². The lowest BCUT2D eigenvalue weighted by Crippen LogP contribution is -2.46. The monoisotopic (exact) mass is 389 g/mol. The number of aromatic nitrogens is 2. The molecule has 4 rings (SSSR count). The summed E-state index contributed by atoms with van der Waals surface area (Å²) in [5.74, 6) is 1.89. The van der Waals surface area contributed by atoms with Crippen molar-refractivity contribution in [2.24, 2.45) is 0 Å². The molecule has 2 heterocycles. The van der Waals surface area contributed by atoms with Gasteiger partial charge in [0.1, 0.15) is 17.8 Å². The maximum atomic E-state index is 6.38. The molecular formula is C23H27N5O. The highest BCUT2D eigenvalue weighted by molar-refractivity contribution is 5.68. The van der Waals surface area contributed by atoms with Gasteiger partial charge < -0.3 is 15.4 Å². The predicted octanol–water partition coefficient (Wildman–Crippen LogP) is 3.79. The maximum absolute atomic E-state index is 6.38. The lowest BCUT2D eigenvalue weighted by molar-refractivity contribution is 0.249. The van der Waals surface area contributed by atoms with Crippen molar-refractivity contribution in [3.63, 3.8) is 0 Å². The minimum absolute atomic E-state index is 0.407. The molecule has 0 amide bonds. The zero-order valence-corrected chi connectivity index (χ0v) is 17.0. The summed E-state index contributed by atoms with van der Waals surface area (Å²) >= 11 is 0. The largest absolute Gasteiger partial charge is 0.437 e. The number of hydrogen-bond acceptors (Lipinski definition) is 6. The van der Waals surface area contributed by atoms with Crippen molar-refractivity contribution in [2.45, 2.75) is 20.4 Å². The molecule has 0 unspecified atom stereocenters. The summed E-state index contributed by atoms with van der Waals surface area (Å²) in [7, 11) is 0. The van der Waals surface area contributed by atoms with Crippen LogP contribution in [0.3, 0.4) is 0 Å². The first-order chi connectivity index (χ1) is 14.1. The molecule has 2 aromatic carbocycles. The highest BCUT2D eigenvalue weighted by Gasteiger charge is 2.22. The Morgan fingerprint density at radius 2 is 1.69 bits per heavy atom. The number of anilines is 2. The molecular weight excluding hydrogens is 362 g/mol. The molecule has 1 aromatic heterocycles. The van der Waals surface area contributed by atoms with Gasteiger partial charge in [-0.2, -0.15) is 4.98 Å². The minimum atomic E-state index is 0.407. The Hall–Kier alpha value is -3.12. The van der Waals surface area contributed by atoms with E-state index in [0.717, 1.165) is 44.3 Å². The standard InChI is InChI=1S/C23H27N5O/c1-17-8-9-20(14-18(17)2)29-23-21(24)22(25-16-26-23)28-12-10-27(11-13-28)15-19-6-4-3-5-7-19/h3-9,14,16H,10-13,15,24H2,1-2H3. The van der Waals surface area contributed by atoms with Crippen molar-refractivity contribution in [1.82, 2.24) is 14.9 Å². The first kappa shape index (κ1) is 19.2. The second-order valence-corrected chi connectivity index (χ2v) is 7.51. The lowest BCUT2D eigenvalue weighted by atomic mass is 10.1. The fraction of sp³-hybridized carbons (Fsp3) is 0.304. The van der Waals surface area contributed by atoms with Crippen LogP contribution in [0.25, 0.3) is 0 Å². The molecule has 150 valence electrons. The number of nitrogens with two attached hydrogens (primary N) is 1. The summed E-state index contributed by atoms with van der Waals surface area (Å²) in [4.78, 5) is 13.4. The number of benzene rings is 2. The van der Waals surface area contributed by atoms with E-state index in [1.807, 2.05) is 18.2 Å². The first-order valence-corrected chi connectivity index (χ1v) is 9.97. The number of ether oxygens (including phenoxy) is 1. The molecule has 1 aliphatic heterocycles. The van der Waals surface area contributed by atoms with Crippen LogP contribution in [0, 0.1) is 13.8 Å². The fourth-order valence-electron chi connectivity index (χ4n) is 3.55. The van der Waals surface area contributed by atoms with E-state index in [4.69, 9.17) is 10.5 Å². The highest BCUT2D eigenvalue weighted by atomic mass is 16.5. The molecule has 1 fully saturated rings. The number of hydrogen-bond donors (Lipinski definition) is 1. The van der Waals surface area contributed by atoms with E-state index in [2.05, 4.69) is 63.9 Å². The van der Waals surface area contributed by atoms with Crippen molar-refractivity contribution in [2.75, 3.05) is 36.8 Å². The molecule has 0 radical (unpaired) electrons. The van der Waals surface area contributed by atoms with Crippen molar-refractivity contribution in [1.29, 1.82) is 0 Å². The SMILES string of the molecule is Cc1ccc(Oc2ncnc(N3CCN(Cc4ccccc4)CC3)c2N)cc1C. The van der Waals surface area contributed by atoms with Gasteiger partial charge in [0.15, 0.2) is 5.82 Å². The van der Waals surface area contributed by atoms with E-state index in [-0.39, 0.29) is 0 Å². The highest BCUT2D eigenvalue weighted by Crippen LogP contribution is 2.32. The topological polar surface area (TPSA) is 67.5 Å². The van der Waals surface area contributed by atoms with Gasteiger partial charge in [0.2, 0.25) is 5.88 Å². The number of aryl methyl sites for hydroxylation is 2. The second-order valence-electron chi connectivity index (χ2n) is 7.51. The van der Waals surface area contributed by atoms with E-state index in [0.29, 0.717) is 11.6 Å². The smallest absolute Gasteiger partial charge is 0.248 e. The molecule has 0 saturated carbocycles. The van der Waals surface area contributed by atoms with Crippen molar-refractivity contribution in [3.8, 4) is 11.6 Å². The van der Waals surface area contributed by atoms with E-state index < -0.39 is 0 Å². The quantitative estimate of drug-likeness (QED) is 0.716. The Labute approximate surface area is 172 Å². The zero-order valence-electron chi connectivity index (χ0n) is 17.0. The molecule has 0 spiro atoms. The molecule has 2 N–H and O–H groups in total. The normalized spacial score (nSPS) is 14.8. The van der Waals surface area contributed by atoms with Crippen molar-refractivity contribution >= 4 is 11.5 Å². The Morgan fingerprint density at radius 3 is 2.41 bits per heavy atom. The van der Waals surface area contributed by atoms with Gasteiger partial charge in [-0.3, -0.25) is 4.90 Å². The molecule has 6 nitrogen and oxygen atoms in total. The predicted molar refractivity (Wildman–Crippen MR) is 116 cm³/mol. The van der Waals surface area contributed by atoms with Crippen molar-refractivity contribution < 1.29 is 4.74 Å². The van der Waals surface area contributed by atoms with Gasteiger partial charge in [0.25, 0.3) is 0 Å². The van der Waals surface area contributed by atoms with Crippen LogP contribution in [-0.2, 0) is 6.54 Å². The lowest BCUT2D eigenvalue weighted by Gasteiger charge is -2.35. The van der Waals surface area contributed by atoms with Crippen LogP contribution in [-0.4, -0.2) is 41.0 Å². The van der Waals surface area contributed by atoms with Gasteiger partial charge in [-0.15, -0.1) is 0 Å². The maximum Gasteiger partial charge on any atom is 0.248 e. The van der Waals surface area contributed by atoms with Crippen molar-refractivity contribution in [3.05, 3.63) is 71.5 Å². The number of nitrogens with zero attached hydrogens (tertiary/aromatic N) is 4. The Bertz CT molecular complexity index is 968. The Kier molecular flexibility index (Phi) is 5.62. The number of nitrogen functional groups attached to an aromatic ring is 1. The van der Waals surface area contributed by atoms with E-state index in [1.165, 1.54) is 23.0 Å². The summed E-state index contributed by atoms with van der Waals surface area (Å²) in [6.07, 6.45) is 1.53.